The molecular formula is C20H22BFN2O2. The number of hydrogen-bond acceptors (Lipinski definition) is 4. The Morgan fingerprint density at radius 3 is 2.00 bits per heavy atom. The summed E-state index contributed by atoms with van der Waals surface area (Å²) in [6.07, 6.45) is 0. The van der Waals surface area contributed by atoms with E-state index in [4.69, 9.17) is 9.31 Å². The molecule has 134 valence electrons. The predicted octanol–water partition coefficient (Wildman–Crippen LogP) is 3.80. The lowest BCUT2D eigenvalue weighted by molar-refractivity contribution is 0.00578. The molecular weight excluding hydrogens is 330 g/mol. The van der Waals surface area contributed by atoms with Gasteiger partial charge in [0.05, 0.1) is 17.3 Å². The molecule has 1 N–H and O–H groups in total. The summed E-state index contributed by atoms with van der Waals surface area (Å²) in [6, 6.07) is 15.2. The Kier molecular flexibility index (Phi) is 4.79. The van der Waals surface area contributed by atoms with Crippen molar-refractivity contribution < 1.29 is 13.7 Å². The largest absolute Gasteiger partial charge is 0.494 e. The first-order valence-corrected chi connectivity index (χ1v) is 8.59. The highest BCUT2D eigenvalue weighted by Crippen LogP contribution is 2.36. The van der Waals surface area contributed by atoms with Crippen molar-refractivity contribution >= 4 is 18.3 Å². The third-order valence-corrected chi connectivity index (χ3v) is 5.08. The van der Waals surface area contributed by atoms with Crippen LogP contribution in [0, 0.1) is 17.1 Å². The molecule has 1 fully saturated rings. The average Bonchev–Trinajstić information content (AvgIpc) is 2.82. The lowest BCUT2D eigenvalue weighted by Gasteiger charge is -2.32. The van der Waals surface area contributed by atoms with Crippen molar-refractivity contribution in [3.05, 3.63) is 59.9 Å². The molecule has 3 rings (SSSR count). The van der Waals surface area contributed by atoms with Crippen LogP contribution in [0.1, 0.15) is 39.3 Å². The van der Waals surface area contributed by atoms with E-state index >= 15 is 0 Å². The van der Waals surface area contributed by atoms with Crippen LogP contribution >= 0.6 is 0 Å². The van der Waals surface area contributed by atoms with Crippen LogP contribution in [0.4, 0.5) is 10.1 Å². The van der Waals surface area contributed by atoms with E-state index in [1.54, 1.807) is 12.1 Å². The summed E-state index contributed by atoms with van der Waals surface area (Å²) in [7, 11) is -0.419. The van der Waals surface area contributed by atoms with Gasteiger partial charge in [0.25, 0.3) is 0 Å². The minimum atomic E-state index is -0.557. The molecule has 1 aliphatic rings. The van der Waals surface area contributed by atoms with Crippen LogP contribution in [0.15, 0.2) is 48.5 Å². The van der Waals surface area contributed by atoms with Crippen LogP contribution in [0.25, 0.3) is 0 Å². The summed E-state index contributed by atoms with van der Waals surface area (Å²) in [6.45, 7) is 8.07. The molecule has 0 amide bonds. The van der Waals surface area contributed by atoms with E-state index in [0.717, 1.165) is 11.2 Å². The van der Waals surface area contributed by atoms with Crippen molar-refractivity contribution in [2.24, 2.45) is 0 Å². The first-order valence-electron chi connectivity index (χ1n) is 8.59. The van der Waals surface area contributed by atoms with E-state index < -0.39 is 13.2 Å². The maximum Gasteiger partial charge on any atom is 0.494 e. The van der Waals surface area contributed by atoms with Crippen LogP contribution in [0.3, 0.4) is 0 Å². The number of nitriles is 1. The molecule has 0 aliphatic carbocycles. The minimum Gasteiger partial charge on any atom is -0.399 e. The molecule has 1 saturated heterocycles. The highest BCUT2D eigenvalue weighted by atomic mass is 19.1. The molecule has 1 aliphatic heterocycles. The molecule has 0 aromatic heterocycles. The van der Waals surface area contributed by atoms with Crippen molar-refractivity contribution in [1.29, 1.82) is 5.26 Å². The number of nitrogens with zero attached hydrogens (tertiary/aromatic N) is 1. The molecule has 2 aromatic carbocycles. The second-order valence-corrected chi connectivity index (χ2v) is 7.47. The highest BCUT2D eigenvalue weighted by Gasteiger charge is 2.51. The standard InChI is InChI=1S/C20H22BFN2O2/c1-19(2)20(3,4)26-21(25-19)15-7-11-17(12-8-15)24-18(13-23)14-5-9-16(22)10-6-14/h5-12,18,24H,1-4H3. The maximum absolute atomic E-state index is 13.1. The molecule has 26 heavy (non-hydrogen) atoms. The van der Waals surface area contributed by atoms with Crippen LogP contribution in [0.5, 0.6) is 0 Å². The Morgan fingerprint density at radius 1 is 0.962 bits per heavy atom. The van der Waals surface area contributed by atoms with Crippen LogP contribution in [-0.2, 0) is 9.31 Å². The summed E-state index contributed by atoms with van der Waals surface area (Å²) >= 11 is 0. The molecule has 1 atom stereocenters. The zero-order chi connectivity index (χ0) is 18.9. The van der Waals surface area contributed by atoms with Crippen LogP contribution < -0.4 is 10.8 Å². The number of nitrogens with one attached hydrogen (secondary N) is 1. The van der Waals surface area contributed by atoms with Crippen LogP contribution in [-0.4, -0.2) is 18.3 Å². The summed E-state index contributed by atoms with van der Waals surface area (Å²) in [4.78, 5) is 0. The van der Waals surface area contributed by atoms with E-state index in [-0.39, 0.29) is 17.0 Å². The third-order valence-electron chi connectivity index (χ3n) is 5.08. The lowest BCUT2D eigenvalue weighted by Crippen LogP contribution is -2.41. The zero-order valence-corrected chi connectivity index (χ0v) is 15.4. The quantitative estimate of drug-likeness (QED) is 0.851. The summed E-state index contributed by atoms with van der Waals surface area (Å²) < 4.78 is 25.1. The van der Waals surface area contributed by atoms with Crippen molar-refractivity contribution in [3.8, 4) is 6.07 Å². The van der Waals surface area contributed by atoms with Gasteiger partial charge in [-0.3, -0.25) is 0 Å². The summed E-state index contributed by atoms with van der Waals surface area (Å²) in [5.74, 6) is -0.322. The van der Waals surface area contributed by atoms with Gasteiger partial charge in [-0.15, -0.1) is 0 Å². The van der Waals surface area contributed by atoms with Gasteiger partial charge in [-0.05, 0) is 63.0 Å². The van der Waals surface area contributed by atoms with Crippen molar-refractivity contribution in [3.63, 3.8) is 0 Å². The van der Waals surface area contributed by atoms with Gasteiger partial charge < -0.3 is 14.6 Å². The van der Waals surface area contributed by atoms with E-state index in [0.29, 0.717) is 5.56 Å². The molecule has 1 heterocycles. The SMILES string of the molecule is CC1(C)OB(c2ccc(NC(C#N)c3ccc(F)cc3)cc2)OC1(C)C. The van der Waals surface area contributed by atoms with E-state index in [1.807, 2.05) is 52.0 Å². The smallest absolute Gasteiger partial charge is 0.399 e. The van der Waals surface area contributed by atoms with Gasteiger partial charge in [0.15, 0.2) is 0 Å². The number of benzene rings is 2. The number of halogens is 1. The van der Waals surface area contributed by atoms with Gasteiger partial charge in [-0.25, -0.2) is 4.39 Å². The number of hydrogen-bond donors (Lipinski definition) is 1. The van der Waals surface area contributed by atoms with Gasteiger partial charge in [-0.2, -0.15) is 5.26 Å². The van der Waals surface area contributed by atoms with Crippen molar-refractivity contribution in [2.45, 2.75) is 44.9 Å². The van der Waals surface area contributed by atoms with Crippen molar-refractivity contribution in [2.75, 3.05) is 5.32 Å². The van der Waals surface area contributed by atoms with Crippen LogP contribution in [0.2, 0.25) is 0 Å². The topological polar surface area (TPSA) is 54.3 Å². The monoisotopic (exact) mass is 352 g/mol. The first kappa shape index (κ1) is 18.4. The predicted molar refractivity (Wildman–Crippen MR) is 101 cm³/mol. The third kappa shape index (κ3) is 3.60. The molecule has 6 heteroatoms. The van der Waals surface area contributed by atoms with E-state index in [1.165, 1.54) is 12.1 Å². The lowest BCUT2D eigenvalue weighted by atomic mass is 9.79. The Bertz CT molecular complexity index is 797. The van der Waals surface area contributed by atoms with E-state index in [2.05, 4.69) is 11.4 Å². The Morgan fingerprint density at radius 2 is 1.50 bits per heavy atom. The fourth-order valence-electron chi connectivity index (χ4n) is 2.73. The highest BCUT2D eigenvalue weighted by molar-refractivity contribution is 6.62. The van der Waals surface area contributed by atoms with E-state index in [9.17, 15) is 9.65 Å². The number of anilines is 1. The molecule has 4 nitrogen and oxygen atoms in total. The molecule has 0 bridgehead atoms. The first-order chi connectivity index (χ1) is 12.2. The molecule has 0 saturated carbocycles. The fraction of sp³-hybridized carbons (Fsp3) is 0.350. The normalized spacial score (nSPS) is 19.0. The van der Waals surface area contributed by atoms with Gasteiger partial charge in [0, 0.05) is 5.69 Å². The summed E-state index contributed by atoms with van der Waals surface area (Å²) in [5, 5.41) is 12.6. The second-order valence-electron chi connectivity index (χ2n) is 7.47. The molecule has 2 aromatic rings. The number of rotatable bonds is 4. The van der Waals surface area contributed by atoms with Gasteiger partial charge in [0.1, 0.15) is 11.9 Å². The Labute approximate surface area is 154 Å². The maximum atomic E-state index is 13.1. The molecule has 0 spiro atoms. The fourth-order valence-corrected chi connectivity index (χ4v) is 2.73. The van der Waals surface area contributed by atoms with Gasteiger partial charge >= 0.3 is 7.12 Å². The van der Waals surface area contributed by atoms with Gasteiger partial charge in [-0.1, -0.05) is 24.3 Å². The Balaban J connectivity index is 1.72. The Hall–Kier alpha value is -2.36. The second kappa shape index (κ2) is 6.75. The van der Waals surface area contributed by atoms with Crippen molar-refractivity contribution in [1.82, 2.24) is 0 Å². The average molecular weight is 352 g/mol. The zero-order valence-electron chi connectivity index (χ0n) is 15.4. The molecule has 0 radical (unpaired) electrons. The minimum absolute atomic E-state index is 0.322. The molecule has 1 unspecified atom stereocenters. The summed E-state index contributed by atoms with van der Waals surface area (Å²) in [5.41, 5.74) is 1.65. The van der Waals surface area contributed by atoms with Gasteiger partial charge in [0.2, 0.25) is 0 Å².